The molecule has 5 heteroatoms. The summed E-state index contributed by atoms with van der Waals surface area (Å²) in [6, 6.07) is 5.49. The Kier molecular flexibility index (Phi) is 4.37. The first-order valence-corrected chi connectivity index (χ1v) is 5.30. The molecule has 0 amide bonds. The van der Waals surface area contributed by atoms with Gasteiger partial charge in [0.05, 0.1) is 16.1 Å². The van der Waals surface area contributed by atoms with Crippen molar-refractivity contribution in [2.75, 3.05) is 5.75 Å². The molecular weight excluding hydrogens is 227 g/mol. The largest absolute Gasteiger partial charge is 0.248 e. The number of alkyl halides is 1. The Morgan fingerprint density at radius 3 is 2.92 bits per heavy atom. The van der Waals surface area contributed by atoms with Crippen LogP contribution in [0.2, 0.25) is 5.02 Å². The number of hydrogen-bond acceptors (Lipinski definition) is 3. The minimum absolute atomic E-state index is 0.470. The molecule has 0 aromatic carbocycles. The molecule has 0 aliphatic carbocycles. The van der Waals surface area contributed by atoms with Crippen LogP contribution in [0.1, 0.15) is 0 Å². The molecule has 2 nitrogen and oxygen atoms in total. The third-order valence-electron chi connectivity index (χ3n) is 1.22. The molecular formula is C8H6Cl2N2S. The number of rotatable bonds is 3. The molecule has 1 atom stereocenters. The number of nitrogens with zero attached hydrogens (tertiary/aromatic N) is 2. The van der Waals surface area contributed by atoms with E-state index in [4.69, 9.17) is 28.5 Å². The Morgan fingerprint density at radius 2 is 2.38 bits per heavy atom. The molecule has 68 valence electrons. The first-order valence-electron chi connectivity index (χ1n) is 3.50. The van der Waals surface area contributed by atoms with Crippen LogP contribution in [0.15, 0.2) is 23.4 Å². The van der Waals surface area contributed by atoms with Crippen LogP contribution in [-0.4, -0.2) is 16.1 Å². The summed E-state index contributed by atoms with van der Waals surface area (Å²) in [4.78, 5) is 4.05. The van der Waals surface area contributed by atoms with Gasteiger partial charge in [-0.2, -0.15) is 5.26 Å². The number of pyridine rings is 1. The lowest BCUT2D eigenvalue weighted by Gasteiger charge is -1.99. The lowest BCUT2D eigenvalue weighted by atomic mass is 10.5. The van der Waals surface area contributed by atoms with Crippen molar-refractivity contribution >= 4 is 35.0 Å². The summed E-state index contributed by atoms with van der Waals surface area (Å²) in [5.41, 5.74) is 0. The maximum absolute atomic E-state index is 8.42. The van der Waals surface area contributed by atoms with E-state index in [1.54, 1.807) is 18.3 Å². The normalized spacial score (nSPS) is 12.1. The summed E-state index contributed by atoms with van der Waals surface area (Å²) in [6.07, 6.45) is 1.57. The van der Waals surface area contributed by atoms with Crippen LogP contribution in [0.4, 0.5) is 0 Å². The molecule has 0 fully saturated rings. The lowest BCUT2D eigenvalue weighted by molar-refractivity contribution is 1.13. The van der Waals surface area contributed by atoms with Gasteiger partial charge in [0, 0.05) is 11.9 Å². The fraction of sp³-hybridized carbons (Fsp3) is 0.250. The zero-order valence-electron chi connectivity index (χ0n) is 6.58. The van der Waals surface area contributed by atoms with Gasteiger partial charge in [-0.1, -0.05) is 11.6 Å². The SMILES string of the molecule is N#CC(Cl)CSc1ccc(Cl)cn1. The van der Waals surface area contributed by atoms with Crippen molar-refractivity contribution in [1.82, 2.24) is 4.98 Å². The predicted octanol–water partition coefficient (Wildman–Crippen LogP) is 2.96. The second kappa shape index (κ2) is 5.33. The molecule has 0 saturated heterocycles. The van der Waals surface area contributed by atoms with Crippen molar-refractivity contribution in [2.24, 2.45) is 0 Å². The highest BCUT2D eigenvalue weighted by atomic mass is 35.5. The first kappa shape index (κ1) is 10.6. The van der Waals surface area contributed by atoms with Gasteiger partial charge < -0.3 is 0 Å². The fourth-order valence-corrected chi connectivity index (χ4v) is 1.63. The van der Waals surface area contributed by atoms with Crippen LogP contribution >= 0.6 is 35.0 Å². The fourth-order valence-electron chi connectivity index (χ4n) is 0.643. The molecule has 0 bridgehead atoms. The molecule has 1 heterocycles. The summed E-state index contributed by atoms with van der Waals surface area (Å²) in [5.74, 6) is 0.534. The van der Waals surface area contributed by atoms with E-state index in [2.05, 4.69) is 4.98 Å². The van der Waals surface area contributed by atoms with Gasteiger partial charge in [-0.05, 0) is 12.1 Å². The lowest BCUT2D eigenvalue weighted by Crippen LogP contribution is -1.97. The molecule has 1 rings (SSSR count). The quantitative estimate of drug-likeness (QED) is 0.594. The molecule has 1 unspecified atom stereocenters. The Balaban J connectivity index is 2.47. The van der Waals surface area contributed by atoms with Gasteiger partial charge in [-0.15, -0.1) is 23.4 Å². The molecule has 0 radical (unpaired) electrons. The van der Waals surface area contributed by atoms with Crippen molar-refractivity contribution in [3.8, 4) is 6.07 Å². The van der Waals surface area contributed by atoms with E-state index in [0.29, 0.717) is 10.8 Å². The van der Waals surface area contributed by atoms with E-state index in [9.17, 15) is 0 Å². The van der Waals surface area contributed by atoms with Gasteiger partial charge in [0.15, 0.2) is 0 Å². The van der Waals surface area contributed by atoms with Gasteiger partial charge in [0.25, 0.3) is 0 Å². The maximum atomic E-state index is 8.42. The molecule has 0 aliphatic rings. The third-order valence-corrected chi connectivity index (χ3v) is 2.91. The Hall–Kier alpha value is -0.430. The molecule has 0 aliphatic heterocycles. The van der Waals surface area contributed by atoms with Crippen LogP contribution in [0.25, 0.3) is 0 Å². The molecule has 1 aromatic heterocycles. The summed E-state index contributed by atoms with van der Waals surface area (Å²) in [7, 11) is 0. The second-order valence-electron chi connectivity index (χ2n) is 2.22. The van der Waals surface area contributed by atoms with Crippen molar-refractivity contribution in [2.45, 2.75) is 10.4 Å². The molecule has 0 spiro atoms. The summed E-state index contributed by atoms with van der Waals surface area (Å²) in [5, 5.41) is 9.38. The Labute approximate surface area is 90.9 Å². The summed E-state index contributed by atoms with van der Waals surface area (Å²) in [6.45, 7) is 0. The number of hydrogen-bond donors (Lipinski definition) is 0. The highest BCUT2D eigenvalue weighted by Gasteiger charge is 2.03. The molecule has 13 heavy (non-hydrogen) atoms. The van der Waals surface area contributed by atoms with E-state index < -0.39 is 5.38 Å². The summed E-state index contributed by atoms with van der Waals surface area (Å²) >= 11 is 12.7. The van der Waals surface area contributed by atoms with Gasteiger partial charge in [0.1, 0.15) is 5.38 Å². The monoisotopic (exact) mass is 232 g/mol. The standard InChI is InChI=1S/C8H6Cl2N2S/c9-6-1-2-8(12-4-6)13-5-7(10)3-11/h1-2,4,7H,5H2. The van der Waals surface area contributed by atoms with E-state index in [0.717, 1.165) is 5.03 Å². The van der Waals surface area contributed by atoms with Crippen LogP contribution in [0, 0.1) is 11.3 Å². The van der Waals surface area contributed by atoms with Crippen molar-refractivity contribution < 1.29 is 0 Å². The van der Waals surface area contributed by atoms with Crippen molar-refractivity contribution in [1.29, 1.82) is 5.26 Å². The van der Waals surface area contributed by atoms with E-state index in [1.165, 1.54) is 11.8 Å². The van der Waals surface area contributed by atoms with Gasteiger partial charge >= 0.3 is 0 Å². The van der Waals surface area contributed by atoms with Crippen LogP contribution in [0.5, 0.6) is 0 Å². The number of nitriles is 1. The molecule has 1 aromatic rings. The zero-order valence-corrected chi connectivity index (χ0v) is 8.90. The van der Waals surface area contributed by atoms with Gasteiger partial charge in [0.2, 0.25) is 0 Å². The third kappa shape index (κ3) is 3.86. The zero-order chi connectivity index (χ0) is 9.68. The first-order chi connectivity index (χ1) is 6.22. The molecule has 0 saturated carbocycles. The average Bonchev–Trinajstić information content (AvgIpc) is 2.16. The van der Waals surface area contributed by atoms with Crippen molar-refractivity contribution in [3.05, 3.63) is 23.4 Å². The van der Waals surface area contributed by atoms with Crippen LogP contribution < -0.4 is 0 Å². The topological polar surface area (TPSA) is 36.7 Å². The highest BCUT2D eigenvalue weighted by Crippen LogP contribution is 2.19. The minimum Gasteiger partial charge on any atom is -0.248 e. The minimum atomic E-state index is -0.470. The van der Waals surface area contributed by atoms with E-state index >= 15 is 0 Å². The number of aromatic nitrogens is 1. The summed E-state index contributed by atoms with van der Waals surface area (Å²) < 4.78 is 0. The van der Waals surface area contributed by atoms with E-state index in [-0.39, 0.29) is 0 Å². The van der Waals surface area contributed by atoms with Crippen LogP contribution in [0.3, 0.4) is 0 Å². The Morgan fingerprint density at radius 1 is 1.62 bits per heavy atom. The second-order valence-corrected chi connectivity index (χ2v) is 4.23. The van der Waals surface area contributed by atoms with Gasteiger partial charge in [-0.3, -0.25) is 0 Å². The molecule has 0 N–H and O–H groups in total. The highest BCUT2D eigenvalue weighted by molar-refractivity contribution is 7.99. The maximum Gasteiger partial charge on any atom is 0.130 e. The number of thioether (sulfide) groups is 1. The van der Waals surface area contributed by atoms with Crippen molar-refractivity contribution in [3.63, 3.8) is 0 Å². The van der Waals surface area contributed by atoms with Gasteiger partial charge in [-0.25, -0.2) is 4.98 Å². The number of halogens is 2. The van der Waals surface area contributed by atoms with E-state index in [1.807, 2.05) is 6.07 Å². The predicted molar refractivity (Wildman–Crippen MR) is 55.2 cm³/mol. The Bertz CT molecular complexity index is 307. The average molecular weight is 233 g/mol. The van der Waals surface area contributed by atoms with Crippen LogP contribution in [-0.2, 0) is 0 Å². The smallest absolute Gasteiger partial charge is 0.130 e.